The number of aromatic nitrogens is 2. The van der Waals surface area contributed by atoms with Crippen molar-refractivity contribution < 1.29 is 14.4 Å². The van der Waals surface area contributed by atoms with Gasteiger partial charge in [-0.05, 0) is 24.6 Å². The zero-order chi connectivity index (χ0) is 23.1. The van der Waals surface area contributed by atoms with Crippen molar-refractivity contribution in [2.45, 2.75) is 18.4 Å². The zero-order valence-electron chi connectivity index (χ0n) is 17.3. The van der Waals surface area contributed by atoms with Crippen molar-refractivity contribution in [3.05, 3.63) is 80.9 Å². The minimum Gasteiger partial charge on any atom is -0.324 e. The van der Waals surface area contributed by atoms with Crippen molar-refractivity contribution in [1.29, 1.82) is 0 Å². The topological polar surface area (TPSA) is 89.0 Å². The summed E-state index contributed by atoms with van der Waals surface area (Å²) in [6.07, 6.45) is 2.41. The summed E-state index contributed by atoms with van der Waals surface area (Å²) >= 11 is 9.28. The van der Waals surface area contributed by atoms with Crippen molar-refractivity contribution in [2.75, 3.05) is 11.1 Å². The van der Waals surface area contributed by atoms with Crippen LogP contribution >= 0.6 is 34.7 Å². The lowest BCUT2D eigenvalue weighted by Gasteiger charge is -2.19. The molecule has 1 amide bonds. The van der Waals surface area contributed by atoms with Crippen molar-refractivity contribution in [2.24, 2.45) is 0 Å². The van der Waals surface area contributed by atoms with Gasteiger partial charge in [0.15, 0.2) is 11.6 Å². The lowest BCUT2D eigenvalue weighted by atomic mass is 9.84. The van der Waals surface area contributed by atoms with E-state index in [1.165, 1.54) is 35.1 Å². The molecule has 2 aromatic heterocycles. The van der Waals surface area contributed by atoms with Gasteiger partial charge in [0.05, 0.1) is 16.5 Å². The minimum absolute atomic E-state index is 0.104. The maximum atomic E-state index is 12.9. The average Bonchev–Trinajstić information content (AvgIpc) is 3.26. The predicted octanol–water partition coefficient (Wildman–Crippen LogP) is 5.41. The van der Waals surface area contributed by atoms with E-state index < -0.39 is 0 Å². The Kier molecular flexibility index (Phi) is 5.74. The highest BCUT2D eigenvalue weighted by molar-refractivity contribution is 8.00. The molecule has 0 radical (unpaired) electrons. The molecule has 0 aliphatic heterocycles. The molecule has 0 unspecified atom stereocenters. The van der Waals surface area contributed by atoms with Crippen molar-refractivity contribution in [3.8, 4) is 0 Å². The Morgan fingerprint density at radius 3 is 2.42 bits per heavy atom. The molecule has 9 heteroatoms. The number of hydrogen-bond donors (Lipinski definition) is 1. The highest BCUT2D eigenvalue weighted by Crippen LogP contribution is 2.34. The van der Waals surface area contributed by atoms with E-state index >= 15 is 0 Å². The summed E-state index contributed by atoms with van der Waals surface area (Å²) in [5, 5.41) is 4.63. The Morgan fingerprint density at radius 1 is 1.03 bits per heavy atom. The first kappa shape index (κ1) is 21.8. The van der Waals surface area contributed by atoms with E-state index in [0.29, 0.717) is 11.1 Å². The number of hydrogen-bond acceptors (Lipinski definition) is 7. The second kappa shape index (κ2) is 8.70. The molecule has 2 aromatic carbocycles. The van der Waals surface area contributed by atoms with Gasteiger partial charge < -0.3 is 5.32 Å². The largest absolute Gasteiger partial charge is 0.324 e. The van der Waals surface area contributed by atoms with Crippen LogP contribution in [0.4, 0.5) is 5.69 Å². The van der Waals surface area contributed by atoms with Crippen LogP contribution in [0.2, 0.25) is 5.02 Å². The van der Waals surface area contributed by atoms with Gasteiger partial charge >= 0.3 is 0 Å². The van der Waals surface area contributed by atoms with Gasteiger partial charge in [0, 0.05) is 32.5 Å². The Hall–Kier alpha value is -3.07. The second-order valence-corrected chi connectivity index (χ2v) is 9.87. The molecular weight excluding hydrogens is 478 g/mol. The van der Waals surface area contributed by atoms with E-state index in [4.69, 9.17) is 11.6 Å². The van der Waals surface area contributed by atoms with Gasteiger partial charge in [-0.2, -0.15) is 0 Å². The van der Waals surface area contributed by atoms with E-state index in [1.807, 2.05) is 0 Å². The fraction of sp³-hybridized carbons (Fsp3) is 0.125. The lowest BCUT2D eigenvalue weighted by molar-refractivity contribution is -0.113. The molecule has 0 fully saturated rings. The molecular formula is C24H16ClN3O3S2. The van der Waals surface area contributed by atoms with Crippen LogP contribution in [0.25, 0.3) is 10.2 Å². The number of nitrogens with zero attached hydrogens (tertiary/aromatic N) is 2. The number of halogens is 1. The molecule has 4 aromatic rings. The third-order valence-electron chi connectivity index (χ3n) is 5.32. The highest BCUT2D eigenvalue weighted by atomic mass is 35.5. The molecule has 33 heavy (non-hydrogen) atoms. The summed E-state index contributed by atoms with van der Waals surface area (Å²) in [5.74, 6) is -0.721. The number of amides is 1. The van der Waals surface area contributed by atoms with Gasteiger partial charge in [-0.1, -0.05) is 54.6 Å². The molecule has 0 atom stereocenters. The van der Waals surface area contributed by atoms with Crippen LogP contribution in [0.5, 0.6) is 0 Å². The van der Waals surface area contributed by atoms with Crippen LogP contribution in [-0.2, 0) is 11.2 Å². The highest BCUT2D eigenvalue weighted by Gasteiger charge is 2.30. The fourth-order valence-electron chi connectivity index (χ4n) is 3.71. The normalized spacial score (nSPS) is 12.5. The van der Waals surface area contributed by atoms with Crippen LogP contribution in [0, 0.1) is 0 Å². The first-order chi connectivity index (χ1) is 16.0. The Bertz CT molecular complexity index is 1460. The molecule has 164 valence electrons. The third kappa shape index (κ3) is 3.94. The van der Waals surface area contributed by atoms with E-state index in [-0.39, 0.29) is 45.1 Å². The first-order valence-corrected chi connectivity index (χ1v) is 12.3. The van der Waals surface area contributed by atoms with Crippen LogP contribution in [0.3, 0.4) is 0 Å². The molecule has 1 aliphatic carbocycles. The standard InChI is InChI=1S/C24H16ClN3O3S2/c1-2-12-7-17-23(26-11-27-24(17)33-12)32-10-20(29)28-19-9-16-15(8-18(19)25)21(30)13-5-3-4-6-14(13)22(16)31/h3-9,11H,2,10H2,1H3,(H,28,29). The van der Waals surface area contributed by atoms with Crippen molar-refractivity contribution in [3.63, 3.8) is 0 Å². The summed E-state index contributed by atoms with van der Waals surface area (Å²) in [6.45, 7) is 2.08. The van der Waals surface area contributed by atoms with Crippen molar-refractivity contribution >= 4 is 68.1 Å². The fourth-order valence-corrected chi connectivity index (χ4v) is 5.69. The molecule has 1 N–H and O–H groups in total. The molecule has 0 spiro atoms. The van der Waals surface area contributed by atoms with E-state index in [2.05, 4.69) is 28.3 Å². The van der Waals surface area contributed by atoms with Crippen LogP contribution in [0.1, 0.15) is 43.6 Å². The summed E-state index contributed by atoms with van der Waals surface area (Å²) in [7, 11) is 0. The summed E-state index contributed by atoms with van der Waals surface area (Å²) in [6, 6.07) is 11.7. The molecule has 0 saturated heterocycles. The SMILES string of the molecule is CCc1cc2c(SCC(=O)Nc3cc4c(cc3Cl)C(=O)c3ccccc3C4=O)ncnc2s1. The van der Waals surface area contributed by atoms with Gasteiger partial charge in [0.1, 0.15) is 16.2 Å². The number of thiophene rings is 1. The number of benzene rings is 2. The van der Waals surface area contributed by atoms with E-state index in [0.717, 1.165) is 21.7 Å². The maximum Gasteiger partial charge on any atom is 0.234 e. The zero-order valence-corrected chi connectivity index (χ0v) is 19.7. The van der Waals surface area contributed by atoms with Gasteiger partial charge in [-0.15, -0.1) is 11.3 Å². The van der Waals surface area contributed by atoms with Gasteiger partial charge in [-0.3, -0.25) is 14.4 Å². The molecule has 2 heterocycles. The number of nitrogens with one attached hydrogen (secondary N) is 1. The Balaban J connectivity index is 1.36. The second-order valence-electron chi connectivity index (χ2n) is 7.38. The van der Waals surface area contributed by atoms with Gasteiger partial charge in [0.25, 0.3) is 0 Å². The number of carbonyl (C=O) groups excluding carboxylic acids is 3. The Morgan fingerprint density at radius 2 is 1.73 bits per heavy atom. The predicted molar refractivity (Wildman–Crippen MR) is 131 cm³/mol. The molecule has 0 bridgehead atoms. The number of carbonyl (C=O) groups is 3. The van der Waals surface area contributed by atoms with Crippen molar-refractivity contribution in [1.82, 2.24) is 9.97 Å². The number of ketones is 2. The molecule has 0 saturated carbocycles. The summed E-state index contributed by atoms with van der Waals surface area (Å²) < 4.78 is 0. The summed E-state index contributed by atoms with van der Waals surface area (Å²) in [5.41, 5.74) is 1.46. The third-order valence-corrected chi connectivity index (χ3v) is 7.82. The van der Waals surface area contributed by atoms with Crippen LogP contribution < -0.4 is 5.32 Å². The summed E-state index contributed by atoms with van der Waals surface area (Å²) in [4.78, 5) is 49.1. The smallest absolute Gasteiger partial charge is 0.234 e. The van der Waals surface area contributed by atoms with Gasteiger partial charge in [-0.25, -0.2) is 9.97 Å². The lowest BCUT2D eigenvalue weighted by Crippen LogP contribution is -2.22. The maximum absolute atomic E-state index is 12.9. The Labute approximate surface area is 202 Å². The minimum atomic E-state index is -0.297. The average molecular weight is 494 g/mol. The van der Waals surface area contributed by atoms with E-state index in [1.54, 1.807) is 35.6 Å². The quantitative estimate of drug-likeness (QED) is 0.260. The number of aryl methyl sites for hydroxylation is 1. The number of rotatable bonds is 5. The molecule has 6 nitrogen and oxygen atoms in total. The van der Waals surface area contributed by atoms with Crippen LogP contribution in [0.15, 0.2) is 53.8 Å². The molecule has 5 rings (SSSR count). The monoisotopic (exact) mass is 493 g/mol. The van der Waals surface area contributed by atoms with Crippen LogP contribution in [-0.4, -0.2) is 33.2 Å². The number of anilines is 1. The van der Waals surface area contributed by atoms with E-state index in [9.17, 15) is 14.4 Å². The molecule has 1 aliphatic rings. The van der Waals surface area contributed by atoms with Gasteiger partial charge in [0.2, 0.25) is 5.91 Å². The number of thioether (sulfide) groups is 1. The first-order valence-electron chi connectivity index (χ1n) is 10.1. The number of fused-ring (bicyclic) bond motifs is 3.